The van der Waals surface area contributed by atoms with Gasteiger partial charge >= 0.3 is 0 Å². The highest BCUT2D eigenvalue weighted by Gasteiger charge is 2.38. The average molecular weight is 231 g/mol. The van der Waals surface area contributed by atoms with Crippen LogP contribution in [-0.2, 0) is 0 Å². The van der Waals surface area contributed by atoms with Gasteiger partial charge in [-0.05, 0) is 24.8 Å². The molecule has 17 heavy (non-hydrogen) atoms. The lowest BCUT2D eigenvalue weighted by molar-refractivity contribution is 0.250. The molecule has 0 spiro atoms. The van der Waals surface area contributed by atoms with Crippen LogP contribution in [0.3, 0.4) is 0 Å². The summed E-state index contributed by atoms with van der Waals surface area (Å²) in [5.41, 5.74) is 1.35. The van der Waals surface area contributed by atoms with Crippen LogP contribution in [0, 0.1) is 5.92 Å². The SMILES string of the molecule is CCCC1CC1NC1CCOc2ccccc21. The Balaban J connectivity index is 1.66. The third-order valence-electron chi connectivity index (χ3n) is 3.96. The molecule has 1 aliphatic carbocycles. The standard InChI is InChI=1S/C15H21NO/c1-2-5-11-10-14(11)16-13-8-9-17-15-7-4-3-6-12(13)15/h3-4,6-7,11,13-14,16H,2,5,8-10H2,1H3. The number of benzene rings is 1. The summed E-state index contributed by atoms with van der Waals surface area (Å²) >= 11 is 0. The highest BCUT2D eigenvalue weighted by atomic mass is 16.5. The molecule has 3 rings (SSSR count). The number of hydrogen-bond acceptors (Lipinski definition) is 2. The van der Waals surface area contributed by atoms with Gasteiger partial charge in [-0.2, -0.15) is 0 Å². The zero-order chi connectivity index (χ0) is 11.7. The summed E-state index contributed by atoms with van der Waals surface area (Å²) < 4.78 is 5.69. The second-order valence-corrected chi connectivity index (χ2v) is 5.29. The maximum absolute atomic E-state index is 5.69. The molecule has 0 aromatic heterocycles. The van der Waals surface area contributed by atoms with Crippen molar-refractivity contribution in [2.45, 2.75) is 44.7 Å². The molecule has 1 aromatic carbocycles. The van der Waals surface area contributed by atoms with E-state index in [1.807, 2.05) is 0 Å². The van der Waals surface area contributed by atoms with Crippen molar-refractivity contribution < 1.29 is 4.74 Å². The Hall–Kier alpha value is -1.02. The monoisotopic (exact) mass is 231 g/mol. The number of hydrogen-bond donors (Lipinski definition) is 1. The van der Waals surface area contributed by atoms with Crippen molar-refractivity contribution in [2.75, 3.05) is 6.61 Å². The maximum atomic E-state index is 5.69. The Morgan fingerprint density at radius 2 is 2.24 bits per heavy atom. The largest absolute Gasteiger partial charge is 0.493 e. The van der Waals surface area contributed by atoms with Crippen LogP contribution in [0.25, 0.3) is 0 Å². The zero-order valence-electron chi connectivity index (χ0n) is 10.5. The molecule has 2 aliphatic rings. The molecule has 0 bridgehead atoms. The molecule has 92 valence electrons. The Kier molecular flexibility index (Phi) is 3.06. The number of ether oxygens (including phenoxy) is 1. The van der Waals surface area contributed by atoms with Gasteiger partial charge in [0.2, 0.25) is 0 Å². The molecule has 2 nitrogen and oxygen atoms in total. The van der Waals surface area contributed by atoms with E-state index in [1.54, 1.807) is 0 Å². The summed E-state index contributed by atoms with van der Waals surface area (Å²) in [7, 11) is 0. The predicted octanol–water partition coefficient (Wildman–Crippen LogP) is 3.29. The van der Waals surface area contributed by atoms with E-state index in [-0.39, 0.29) is 0 Å². The van der Waals surface area contributed by atoms with Gasteiger partial charge in [-0.15, -0.1) is 0 Å². The topological polar surface area (TPSA) is 21.3 Å². The number of rotatable bonds is 4. The fourth-order valence-corrected chi connectivity index (χ4v) is 2.92. The van der Waals surface area contributed by atoms with Crippen LogP contribution in [0.15, 0.2) is 24.3 Å². The van der Waals surface area contributed by atoms with E-state index in [9.17, 15) is 0 Å². The van der Waals surface area contributed by atoms with Crippen LogP contribution in [0.5, 0.6) is 5.75 Å². The summed E-state index contributed by atoms with van der Waals surface area (Å²) in [5, 5.41) is 3.80. The average Bonchev–Trinajstić information content (AvgIpc) is 3.08. The van der Waals surface area contributed by atoms with Gasteiger partial charge in [0.1, 0.15) is 5.75 Å². The minimum atomic E-state index is 0.506. The molecule has 0 amide bonds. The molecule has 3 atom stereocenters. The van der Waals surface area contributed by atoms with Crippen molar-refractivity contribution in [2.24, 2.45) is 5.92 Å². The van der Waals surface area contributed by atoms with E-state index in [1.165, 1.54) is 24.8 Å². The molecule has 1 heterocycles. The summed E-state index contributed by atoms with van der Waals surface area (Å²) in [5.74, 6) is 2.00. The molecule has 1 N–H and O–H groups in total. The smallest absolute Gasteiger partial charge is 0.124 e. The van der Waals surface area contributed by atoms with Crippen molar-refractivity contribution in [3.8, 4) is 5.75 Å². The van der Waals surface area contributed by atoms with E-state index in [4.69, 9.17) is 4.74 Å². The number of fused-ring (bicyclic) bond motifs is 1. The molecule has 3 unspecified atom stereocenters. The second kappa shape index (κ2) is 4.69. The van der Waals surface area contributed by atoms with Gasteiger partial charge in [0, 0.05) is 24.1 Å². The van der Waals surface area contributed by atoms with Gasteiger partial charge in [0.15, 0.2) is 0 Å². The third-order valence-corrected chi connectivity index (χ3v) is 3.96. The van der Waals surface area contributed by atoms with Crippen molar-refractivity contribution in [1.29, 1.82) is 0 Å². The summed E-state index contributed by atoms with van der Waals surface area (Å²) in [4.78, 5) is 0. The first kappa shape index (κ1) is 11.1. The molecule has 1 aliphatic heterocycles. The second-order valence-electron chi connectivity index (χ2n) is 5.29. The molecule has 1 fully saturated rings. The van der Waals surface area contributed by atoms with E-state index in [0.717, 1.165) is 30.7 Å². The fourth-order valence-electron chi connectivity index (χ4n) is 2.92. The molecule has 2 heteroatoms. The van der Waals surface area contributed by atoms with Crippen LogP contribution < -0.4 is 10.1 Å². The first-order valence-corrected chi connectivity index (χ1v) is 6.86. The summed E-state index contributed by atoms with van der Waals surface area (Å²) in [6.45, 7) is 3.12. The van der Waals surface area contributed by atoms with Crippen LogP contribution in [-0.4, -0.2) is 12.6 Å². The minimum Gasteiger partial charge on any atom is -0.493 e. The lowest BCUT2D eigenvalue weighted by Gasteiger charge is -2.27. The van der Waals surface area contributed by atoms with Crippen LogP contribution in [0.4, 0.5) is 0 Å². The summed E-state index contributed by atoms with van der Waals surface area (Å²) in [6.07, 6.45) is 5.16. The quantitative estimate of drug-likeness (QED) is 0.858. The Bertz CT molecular complexity index is 390. The molecule has 0 radical (unpaired) electrons. The Morgan fingerprint density at radius 3 is 3.12 bits per heavy atom. The summed E-state index contributed by atoms with van der Waals surface area (Å²) in [6, 6.07) is 9.71. The molecule has 1 aromatic rings. The van der Waals surface area contributed by atoms with Crippen molar-refractivity contribution in [1.82, 2.24) is 5.32 Å². The highest BCUT2D eigenvalue weighted by molar-refractivity contribution is 5.37. The van der Waals surface area contributed by atoms with E-state index < -0.39 is 0 Å². The van der Waals surface area contributed by atoms with Crippen LogP contribution in [0.1, 0.15) is 44.2 Å². The number of nitrogens with one attached hydrogen (secondary N) is 1. The van der Waals surface area contributed by atoms with Crippen molar-refractivity contribution in [3.05, 3.63) is 29.8 Å². The third kappa shape index (κ3) is 2.32. The van der Waals surface area contributed by atoms with Crippen LogP contribution >= 0.6 is 0 Å². The maximum Gasteiger partial charge on any atom is 0.124 e. The van der Waals surface area contributed by atoms with Gasteiger partial charge in [-0.1, -0.05) is 31.5 Å². The van der Waals surface area contributed by atoms with Gasteiger partial charge in [0.25, 0.3) is 0 Å². The normalized spacial score (nSPS) is 30.5. The zero-order valence-corrected chi connectivity index (χ0v) is 10.5. The van der Waals surface area contributed by atoms with Gasteiger partial charge in [-0.3, -0.25) is 0 Å². The molecular weight excluding hydrogens is 210 g/mol. The molecule has 0 saturated heterocycles. The van der Waals surface area contributed by atoms with Crippen molar-refractivity contribution in [3.63, 3.8) is 0 Å². The van der Waals surface area contributed by atoms with Crippen molar-refractivity contribution >= 4 is 0 Å². The van der Waals surface area contributed by atoms with Gasteiger partial charge < -0.3 is 10.1 Å². The van der Waals surface area contributed by atoms with E-state index >= 15 is 0 Å². The first-order chi connectivity index (χ1) is 8.38. The molecule has 1 saturated carbocycles. The lowest BCUT2D eigenvalue weighted by atomic mass is 10.0. The Labute approximate surface area is 103 Å². The Morgan fingerprint density at radius 1 is 1.35 bits per heavy atom. The lowest BCUT2D eigenvalue weighted by Crippen LogP contribution is -2.29. The minimum absolute atomic E-state index is 0.506. The van der Waals surface area contributed by atoms with Gasteiger partial charge in [-0.25, -0.2) is 0 Å². The first-order valence-electron chi connectivity index (χ1n) is 6.86. The molecular formula is C15H21NO. The number of para-hydroxylation sites is 1. The predicted molar refractivity (Wildman–Crippen MR) is 69.2 cm³/mol. The van der Waals surface area contributed by atoms with Gasteiger partial charge in [0.05, 0.1) is 6.61 Å². The van der Waals surface area contributed by atoms with Crippen LogP contribution in [0.2, 0.25) is 0 Å². The fraction of sp³-hybridized carbons (Fsp3) is 0.600. The van der Waals surface area contributed by atoms with E-state index in [0.29, 0.717) is 6.04 Å². The van der Waals surface area contributed by atoms with E-state index in [2.05, 4.69) is 36.5 Å². The highest BCUT2D eigenvalue weighted by Crippen LogP contribution is 2.39.